The van der Waals surface area contributed by atoms with Crippen LogP contribution in [0, 0.1) is 0 Å². The number of benzene rings is 1. The average molecular weight is 424 g/mol. The lowest BCUT2D eigenvalue weighted by molar-refractivity contribution is -0.116. The molecule has 2 heterocycles. The molecule has 0 saturated carbocycles. The second kappa shape index (κ2) is 8.74. The summed E-state index contributed by atoms with van der Waals surface area (Å²) in [6, 6.07) is 9.05. The van der Waals surface area contributed by atoms with Gasteiger partial charge in [0.05, 0.1) is 20.8 Å². The van der Waals surface area contributed by atoms with Crippen LogP contribution in [-0.2, 0) is 17.8 Å². The lowest BCUT2D eigenvalue weighted by atomic mass is 10.1. The number of hydrogen-bond donors (Lipinski definition) is 1. The number of carbonyl (C=O) groups excluding carboxylic acids is 1. The van der Waals surface area contributed by atoms with E-state index in [-0.39, 0.29) is 12.3 Å². The van der Waals surface area contributed by atoms with Crippen LogP contribution < -0.4 is 5.32 Å². The first kappa shape index (κ1) is 19.7. The Bertz CT molecular complexity index is 934. The number of hydrogen-bond acceptors (Lipinski definition) is 3. The maximum absolute atomic E-state index is 12.4. The third-order valence-corrected chi connectivity index (χ3v) is 5.20. The number of rotatable bonds is 6. The van der Waals surface area contributed by atoms with Crippen molar-refractivity contribution in [3.63, 3.8) is 0 Å². The molecule has 0 radical (unpaired) electrons. The van der Waals surface area contributed by atoms with Gasteiger partial charge in [0.2, 0.25) is 5.91 Å². The van der Waals surface area contributed by atoms with E-state index in [0.717, 1.165) is 16.8 Å². The normalized spacial score (nSPS) is 10.8. The molecule has 0 atom stereocenters. The first-order valence-corrected chi connectivity index (χ1v) is 9.53. The van der Waals surface area contributed by atoms with Gasteiger partial charge in [0, 0.05) is 37.0 Å². The van der Waals surface area contributed by atoms with Crippen molar-refractivity contribution in [1.82, 2.24) is 14.8 Å². The molecule has 0 unspecified atom stereocenters. The largest absolute Gasteiger partial charge is 0.311 e. The van der Waals surface area contributed by atoms with Gasteiger partial charge in [0.15, 0.2) is 0 Å². The van der Waals surface area contributed by atoms with Crippen LogP contribution in [0.15, 0.2) is 42.7 Å². The molecule has 0 aliphatic carbocycles. The number of nitrogens with zero attached hydrogens (tertiary/aromatic N) is 3. The summed E-state index contributed by atoms with van der Waals surface area (Å²) in [5.74, 6) is 0.537. The van der Waals surface area contributed by atoms with Crippen molar-refractivity contribution in [2.75, 3.05) is 5.32 Å². The van der Waals surface area contributed by atoms with E-state index < -0.39 is 0 Å². The molecule has 0 fully saturated rings. The lowest BCUT2D eigenvalue weighted by Gasteiger charge is -2.08. The average Bonchev–Trinajstić information content (AvgIpc) is 3.08. The number of amides is 1. The molecule has 1 amide bonds. The molecule has 1 aromatic carbocycles. The Morgan fingerprint density at radius 2 is 1.78 bits per heavy atom. The minimum Gasteiger partial charge on any atom is -0.311 e. The molecule has 1 N–H and O–H groups in total. The zero-order chi connectivity index (χ0) is 19.4. The monoisotopic (exact) mass is 422 g/mol. The summed E-state index contributed by atoms with van der Waals surface area (Å²) in [5, 5.41) is 8.53. The first-order valence-electron chi connectivity index (χ1n) is 8.39. The Morgan fingerprint density at radius 1 is 1.11 bits per heavy atom. The van der Waals surface area contributed by atoms with Crippen LogP contribution >= 0.6 is 34.8 Å². The van der Waals surface area contributed by atoms with Crippen LogP contribution in [-0.4, -0.2) is 20.7 Å². The summed E-state index contributed by atoms with van der Waals surface area (Å²) in [5.41, 5.74) is 2.58. The number of anilines is 1. The van der Waals surface area contributed by atoms with Crippen molar-refractivity contribution in [3.05, 3.63) is 63.4 Å². The van der Waals surface area contributed by atoms with E-state index in [1.807, 2.05) is 25.1 Å². The molecule has 3 rings (SSSR count). The van der Waals surface area contributed by atoms with Gasteiger partial charge in [-0.25, -0.2) is 4.68 Å². The van der Waals surface area contributed by atoms with E-state index in [0.29, 0.717) is 33.9 Å². The number of aromatic nitrogens is 3. The fourth-order valence-corrected chi connectivity index (χ4v) is 3.28. The Kier molecular flexibility index (Phi) is 6.37. The Labute approximate surface area is 172 Å². The molecule has 140 valence electrons. The molecule has 8 heteroatoms. The van der Waals surface area contributed by atoms with Crippen molar-refractivity contribution >= 4 is 46.5 Å². The third-order valence-electron chi connectivity index (χ3n) is 4.01. The lowest BCUT2D eigenvalue weighted by Crippen LogP contribution is -2.15. The van der Waals surface area contributed by atoms with E-state index in [9.17, 15) is 4.79 Å². The van der Waals surface area contributed by atoms with Gasteiger partial charge in [0.25, 0.3) is 0 Å². The van der Waals surface area contributed by atoms with Crippen molar-refractivity contribution in [3.8, 4) is 11.3 Å². The highest BCUT2D eigenvalue weighted by Gasteiger charge is 2.12. The van der Waals surface area contributed by atoms with Crippen molar-refractivity contribution in [2.45, 2.75) is 26.3 Å². The fourth-order valence-electron chi connectivity index (χ4n) is 2.64. The highest BCUT2D eigenvalue weighted by molar-refractivity contribution is 6.48. The number of nitrogens with one attached hydrogen (secondary N) is 1. The molecule has 0 bridgehead atoms. The second-order valence-corrected chi connectivity index (χ2v) is 7.08. The number of halogens is 3. The van der Waals surface area contributed by atoms with Crippen LogP contribution in [0.3, 0.4) is 0 Å². The smallest absolute Gasteiger partial charge is 0.225 e. The summed E-state index contributed by atoms with van der Waals surface area (Å²) in [4.78, 5) is 16.4. The van der Waals surface area contributed by atoms with E-state index >= 15 is 0 Å². The molecule has 0 saturated heterocycles. The summed E-state index contributed by atoms with van der Waals surface area (Å²) < 4.78 is 1.75. The number of aryl methyl sites for hydroxylation is 2. The van der Waals surface area contributed by atoms with E-state index in [1.54, 1.807) is 29.2 Å². The number of pyridine rings is 1. The standard InChI is InChI=1S/C19H17Cl3N4O/c1-2-26-17(11-16(25-26)13-5-7-23-8-6-13)24-18(27)4-3-12-9-14(20)19(22)15(21)10-12/h5-11H,2-4H2,1H3,(H,24,27). The molecule has 5 nitrogen and oxygen atoms in total. The summed E-state index contributed by atoms with van der Waals surface area (Å²) in [6.07, 6.45) is 4.20. The molecule has 2 aromatic heterocycles. The predicted octanol–water partition coefficient (Wildman–Crippen LogP) is 5.50. The van der Waals surface area contributed by atoms with Gasteiger partial charge in [-0.1, -0.05) is 34.8 Å². The van der Waals surface area contributed by atoms with Gasteiger partial charge in [-0.2, -0.15) is 5.10 Å². The zero-order valence-electron chi connectivity index (χ0n) is 14.5. The molecular formula is C19H17Cl3N4O. The van der Waals surface area contributed by atoms with Gasteiger partial charge < -0.3 is 5.32 Å². The molecule has 27 heavy (non-hydrogen) atoms. The maximum Gasteiger partial charge on any atom is 0.225 e. The van der Waals surface area contributed by atoms with Gasteiger partial charge >= 0.3 is 0 Å². The minimum absolute atomic E-state index is 0.118. The van der Waals surface area contributed by atoms with E-state index in [2.05, 4.69) is 15.4 Å². The molecule has 3 aromatic rings. The third kappa shape index (κ3) is 4.80. The van der Waals surface area contributed by atoms with Crippen molar-refractivity contribution in [1.29, 1.82) is 0 Å². The van der Waals surface area contributed by atoms with Crippen LogP contribution in [0.25, 0.3) is 11.3 Å². The highest BCUT2D eigenvalue weighted by Crippen LogP contribution is 2.31. The molecule has 0 spiro atoms. The van der Waals surface area contributed by atoms with Gasteiger partial charge in [-0.05, 0) is 43.2 Å². The van der Waals surface area contributed by atoms with Crippen molar-refractivity contribution < 1.29 is 4.79 Å². The topological polar surface area (TPSA) is 59.8 Å². The van der Waals surface area contributed by atoms with Crippen LogP contribution in [0.4, 0.5) is 5.82 Å². The van der Waals surface area contributed by atoms with E-state index in [4.69, 9.17) is 34.8 Å². The predicted molar refractivity (Wildman–Crippen MR) is 110 cm³/mol. The van der Waals surface area contributed by atoms with Crippen LogP contribution in [0.5, 0.6) is 0 Å². The second-order valence-electron chi connectivity index (χ2n) is 5.89. The molecule has 0 aliphatic rings. The quantitative estimate of drug-likeness (QED) is 0.533. The minimum atomic E-state index is -0.118. The Morgan fingerprint density at radius 3 is 2.41 bits per heavy atom. The summed E-state index contributed by atoms with van der Waals surface area (Å²) in [6.45, 7) is 2.61. The van der Waals surface area contributed by atoms with Crippen LogP contribution in [0.2, 0.25) is 15.1 Å². The highest BCUT2D eigenvalue weighted by atomic mass is 35.5. The molecular weight excluding hydrogens is 407 g/mol. The number of carbonyl (C=O) groups is 1. The van der Waals surface area contributed by atoms with E-state index in [1.165, 1.54) is 0 Å². The summed E-state index contributed by atoms with van der Waals surface area (Å²) in [7, 11) is 0. The van der Waals surface area contributed by atoms with Crippen LogP contribution in [0.1, 0.15) is 18.9 Å². The summed E-state index contributed by atoms with van der Waals surface area (Å²) >= 11 is 18.0. The Balaban J connectivity index is 1.68. The first-order chi connectivity index (χ1) is 13.0. The van der Waals surface area contributed by atoms with Crippen molar-refractivity contribution in [2.24, 2.45) is 0 Å². The molecule has 0 aliphatic heterocycles. The zero-order valence-corrected chi connectivity index (χ0v) is 16.8. The van der Waals surface area contributed by atoms with Gasteiger partial charge in [0.1, 0.15) is 5.82 Å². The SMILES string of the molecule is CCn1nc(-c2ccncc2)cc1NC(=O)CCc1cc(Cl)c(Cl)c(Cl)c1. The Hall–Kier alpha value is -2.08. The fraction of sp³-hybridized carbons (Fsp3) is 0.211. The van der Waals surface area contributed by atoms with Gasteiger partial charge in [-0.15, -0.1) is 0 Å². The van der Waals surface area contributed by atoms with Gasteiger partial charge in [-0.3, -0.25) is 9.78 Å². The maximum atomic E-state index is 12.4.